The average molecular weight is 282 g/mol. The van der Waals surface area contributed by atoms with E-state index in [2.05, 4.69) is 10.6 Å². The lowest BCUT2D eigenvalue weighted by Gasteiger charge is -2.25. The number of anilines is 1. The Morgan fingerprint density at radius 1 is 1.37 bits per heavy atom. The van der Waals surface area contributed by atoms with E-state index in [1.54, 1.807) is 11.8 Å². The Kier molecular flexibility index (Phi) is 6.18. The molecular weight excluding hydrogens is 260 g/mol. The van der Waals surface area contributed by atoms with Crippen LogP contribution in [0.15, 0.2) is 29.2 Å². The van der Waals surface area contributed by atoms with Gasteiger partial charge in [-0.25, -0.2) is 4.79 Å². The molecule has 1 aromatic rings. The third-order valence-electron chi connectivity index (χ3n) is 3.22. The van der Waals surface area contributed by atoms with E-state index in [-0.39, 0.29) is 12.6 Å². The molecule has 5 heteroatoms. The fourth-order valence-electron chi connectivity index (χ4n) is 1.62. The van der Waals surface area contributed by atoms with Crippen LogP contribution in [0.5, 0.6) is 0 Å². The maximum atomic E-state index is 11.8. The summed E-state index contributed by atoms with van der Waals surface area (Å²) in [5.74, 6) is 0. The average Bonchev–Trinajstić information content (AvgIpc) is 2.45. The van der Waals surface area contributed by atoms with Gasteiger partial charge in [0.2, 0.25) is 0 Å². The Morgan fingerprint density at radius 2 is 2.05 bits per heavy atom. The van der Waals surface area contributed by atoms with Gasteiger partial charge in [-0.05, 0) is 37.3 Å². The molecule has 4 nitrogen and oxygen atoms in total. The predicted octanol–water partition coefficient (Wildman–Crippen LogP) is 3.08. The van der Waals surface area contributed by atoms with Gasteiger partial charge in [0.25, 0.3) is 0 Å². The number of benzene rings is 1. The van der Waals surface area contributed by atoms with Crippen LogP contribution in [0, 0.1) is 0 Å². The highest BCUT2D eigenvalue weighted by Crippen LogP contribution is 2.19. The number of hydrogen-bond donors (Lipinski definition) is 3. The molecule has 3 N–H and O–H groups in total. The second-order valence-electron chi connectivity index (χ2n) is 4.47. The minimum Gasteiger partial charge on any atom is -0.388 e. The fourth-order valence-corrected chi connectivity index (χ4v) is 2.08. The second-order valence-corrected chi connectivity index (χ2v) is 5.35. The van der Waals surface area contributed by atoms with Crippen molar-refractivity contribution in [1.82, 2.24) is 5.32 Å². The highest BCUT2D eigenvalue weighted by Gasteiger charge is 2.22. The molecule has 1 aromatic carbocycles. The van der Waals surface area contributed by atoms with Crippen LogP contribution >= 0.6 is 11.8 Å². The van der Waals surface area contributed by atoms with Gasteiger partial charge in [0.05, 0.1) is 5.60 Å². The van der Waals surface area contributed by atoms with E-state index in [1.165, 1.54) is 0 Å². The molecule has 2 amide bonds. The molecule has 1 rings (SSSR count). The van der Waals surface area contributed by atoms with Crippen molar-refractivity contribution in [2.75, 3.05) is 18.1 Å². The maximum Gasteiger partial charge on any atom is 0.319 e. The fraction of sp³-hybridized carbons (Fsp3) is 0.500. The minimum atomic E-state index is -0.821. The molecule has 0 aliphatic rings. The quantitative estimate of drug-likeness (QED) is 0.703. The summed E-state index contributed by atoms with van der Waals surface area (Å²) in [6.07, 6.45) is 3.22. The normalized spacial score (nSPS) is 11.2. The van der Waals surface area contributed by atoms with Crippen LogP contribution in [0.2, 0.25) is 0 Å². The van der Waals surface area contributed by atoms with Crippen molar-refractivity contribution >= 4 is 23.5 Å². The van der Waals surface area contributed by atoms with Gasteiger partial charge >= 0.3 is 6.03 Å². The Hall–Kier alpha value is -1.20. The van der Waals surface area contributed by atoms with Crippen molar-refractivity contribution in [2.45, 2.75) is 37.2 Å². The molecule has 0 heterocycles. The van der Waals surface area contributed by atoms with E-state index >= 15 is 0 Å². The standard InChI is InChI=1S/C14H22N2O2S/c1-4-14(18,5-2)10-15-13(17)16-11-7-6-8-12(9-11)19-3/h6-9,18H,4-5,10H2,1-3H3,(H2,15,16,17). The molecule has 0 bridgehead atoms. The number of aliphatic hydroxyl groups is 1. The van der Waals surface area contributed by atoms with E-state index in [0.29, 0.717) is 12.8 Å². The van der Waals surface area contributed by atoms with Crippen molar-refractivity contribution in [3.05, 3.63) is 24.3 Å². The van der Waals surface area contributed by atoms with Crippen molar-refractivity contribution < 1.29 is 9.90 Å². The lowest BCUT2D eigenvalue weighted by molar-refractivity contribution is 0.0354. The molecule has 0 aromatic heterocycles. The van der Waals surface area contributed by atoms with Crippen LogP contribution in [0.1, 0.15) is 26.7 Å². The molecule has 0 aliphatic heterocycles. The third kappa shape index (κ3) is 5.12. The van der Waals surface area contributed by atoms with Gasteiger partial charge in [0.1, 0.15) is 0 Å². The van der Waals surface area contributed by atoms with Gasteiger partial charge in [-0.3, -0.25) is 0 Å². The highest BCUT2D eigenvalue weighted by atomic mass is 32.2. The van der Waals surface area contributed by atoms with Crippen LogP contribution < -0.4 is 10.6 Å². The van der Waals surface area contributed by atoms with E-state index in [4.69, 9.17) is 0 Å². The summed E-state index contributed by atoms with van der Waals surface area (Å²) in [5, 5.41) is 15.5. The number of rotatable bonds is 6. The van der Waals surface area contributed by atoms with E-state index in [9.17, 15) is 9.90 Å². The number of hydrogen-bond acceptors (Lipinski definition) is 3. The molecule has 0 unspecified atom stereocenters. The first-order valence-electron chi connectivity index (χ1n) is 6.44. The summed E-state index contributed by atoms with van der Waals surface area (Å²) in [7, 11) is 0. The molecule has 0 spiro atoms. The molecule has 0 aliphatic carbocycles. The highest BCUT2D eigenvalue weighted by molar-refractivity contribution is 7.98. The summed E-state index contributed by atoms with van der Waals surface area (Å²) in [5.41, 5.74) is -0.0702. The first-order valence-corrected chi connectivity index (χ1v) is 7.66. The predicted molar refractivity (Wildman–Crippen MR) is 80.8 cm³/mol. The number of carbonyl (C=O) groups excluding carboxylic acids is 1. The van der Waals surface area contributed by atoms with Crippen molar-refractivity contribution in [3.8, 4) is 0 Å². The first-order chi connectivity index (χ1) is 9.03. The summed E-state index contributed by atoms with van der Waals surface area (Å²) in [4.78, 5) is 12.8. The Morgan fingerprint density at radius 3 is 2.63 bits per heavy atom. The van der Waals surface area contributed by atoms with Gasteiger partial charge in [0, 0.05) is 17.1 Å². The zero-order valence-electron chi connectivity index (χ0n) is 11.7. The second kappa shape index (κ2) is 7.40. The van der Waals surface area contributed by atoms with Gasteiger partial charge in [-0.15, -0.1) is 11.8 Å². The topological polar surface area (TPSA) is 61.4 Å². The third-order valence-corrected chi connectivity index (χ3v) is 3.95. The molecule has 19 heavy (non-hydrogen) atoms. The smallest absolute Gasteiger partial charge is 0.319 e. The van der Waals surface area contributed by atoms with Crippen LogP contribution in [-0.4, -0.2) is 29.5 Å². The van der Waals surface area contributed by atoms with Gasteiger partial charge < -0.3 is 15.7 Å². The van der Waals surface area contributed by atoms with Gasteiger partial charge in [-0.1, -0.05) is 19.9 Å². The van der Waals surface area contributed by atoms with Crippen LogP contribution in [-0.2, 0) is 0 Å². The maximum absolute atomic E-state index is 11.8. The SMILES string of the molecule is CCC(O)(CC)CNC(=O)Nc1cccc(SC)c1. The van der Waals surface area contributed by atoms with Crippen LogP contribution in [0.25, 0.3) is 0 Å². The number of amides is 2. The zero-order valence-corrected chi connectivity index (χ0v) is 12.5. The number of carbonyl (C=O) groups is 1. The van der Waals surface area contributed by atoms with E-state index < -0.39 is 5.60 Å². The van der Waals surface area contributed by atoms with Crippen LogP contribution in [0.3, 0.4) is 0 Å². The van der Waals surface area contributed by atoms with Crippen molar-refractivity contribution in [2.24, 2.45) is 0 Å². The summed E-state index contributed by atoms with van der Waals surface area (Å²) in [6, 6.07) is 7.34. The summed E-state index contributed by atoms with van der Waals surface area (Å²) >= 11 is 1.62. The Balaban J connectivity index is 2.51. The molecular formula is C14H22N2O2S. The van der Waals surface area contributed by atoms with E-state index in [0.717, 1.165) is 10.6 Å². The van der Waals surface area contributed by atoms with Gasteiger partial charge in [-0.2, -0.15) is 0 Å². The van der Waals surface area contributed by atoms with Crippen molar-refractivity contribution in [1.29, 1.82) is 0 Å². The molecule has 0 saturated carbocycles. The lowest BCUT2D eigenvalue weighted by Crippen LogP contribution is -2.43. The monoisotopic (exact) mass is 282 g/mol. The zero-order chi connectivity index (χ0) is 14.3. The molecule has 0 fully saturated rings. The Bertz CT molecular complexity index is 420. The number of thioether (sulfide) groups is 1. The summed E-state index contributed by atoms with van der Waals surface area (Å²) in [6.45, 7) is 4.07. The van der Waals surface area contributed by atoms with Crippen LogP contribution in [0.4, 0.5) is 10.5 Å². The summed E-state index contributed by atoms with van der Waals surface area (Å²) < 4.78 is 0. The number of urea groups is 1. The first kappa shape index (κ1) is 15.9. The Labute approximate surface area is 119 Å². The molecule has 0 radical (unpaired) electrons. The largest absolute Gasteiger partial charge is 0.388 e. The van der Waals surface area contributed by atoms with Crippen molar-refractivity contribution in [3.63, 3.8) is 0 Å². The molecule has 0 saturated heterocycles. The lowest BCUT2D eigenvalue weighted by atomic mass is 9.98. The van der Waals surface area contributed by atoms with Gasteiger partial charge in [0.15, 0.2) is 0 Å². The molecule has 106 valence electrons. The minimum absolute atomic E-state index is 0.258. The molecule has 0 atom stereocenters. The van der Waals surface area contributed by atoms with E-state index in [1.807, 2.05) is 44.4 Å². The number of nitrogens with one attached hydrogen (secondary N) is 2.